The van der Waals surface area contributed by atoms with Crippen LogP contribution in [-0.4, -0.2) is 48.3 Å². The second kappa shape index (κ2) is 8.53. The van der Waals surface area contributed by atoms with E-state index in [4.69, 9.17) is 9.47 Å². The van der Waals surface area contributed by atoms with Gasteiger partial charge in [0.05, 0.1) is 7.11 Å². The molecule has 1 amide bonds. The molecule has 0 bridgehead atoms. The molecule has 2 aromatic rings. The number of hydrogen-bond acceptors (Lipinski definition) is 5. The fraction of sp³-hybridized carbons (Fsp3) is 0.350. The number of carbonyl (C=O) groups excluding carboxylic acids is 3. The number of aromatic nitrogens is 1. The molecule has 1 heterocycles. The van der Waals surface area contributed by atoms with E-state index >= 15 is 0 Å². The molecule has 0 aliphatic rings. The van der Waals surface area contributed by atoms with Crippen LogP contribution in [0.25, 0.3) is 0 Å². The normalized spacial score (nSPS) is 10.4. The van der Waals surface area contributed by atoms with Gasteiger partial charge in [-0.25, -0.2) is 4.79 Å². The van der Waals surface area contributed by atoms with Crippen LogP contribution in [-0.2, 0) is 16.1 Å². The van der Waals surface area contributed by atoms with E-state index in [0.29, 0.717) is 29.1 Å². The second-order valence-corrected chi connectivity index (χ2v) is 6.32. The molecule has 1 N–H and O–H groups in total. The average Bonchev–Trinajstić information content (AvgIpc) is 2.94. The number of hydrogen-bond donors (Lipinski definition) is 1. The smallest absolute Gasteiger partial charge is 0.355 e. The van der Waals surface area contributed by atoms with E-state index in [1.807, 2.05) is 24.3 Å². The number of likely N-dealkylation sites (N-methyl/N-ethyl adjacent to an activating group) is 1. The molecule has 0 unspecified atom stereocenters. The third-order valence-electron chi connectivity index (χ3n) is 4.35. The summed E-state index contributed by atoms with van der Waals surface area (Å²) in [5.41, 5.74) is 2.65. The van der Waals surface area contributed by atoms with E-state index in [1.165, 1.54) is 11.8 Å². The fourth-order valence-corrected chi connectivity index (χ4v) is 2.97. The molecular weight excluding hydrogens is 348 g/mol. The third kappa shape index (κ3) is 4.55. The number of ether oxygens (including phenoxy) is 2. The van der Waals surface area contributed by atoms with Gasteiger partial charge in [-0.2, -0.15) is 0 Å². The summed E-state index contributed by atoms with van der Waals surface area (Å²) < 4.78 is 10.4. The van der Waals surface area contributed by atoms with Crippen LogP contribution in [0, 0.1) is 13.8 Å². The van der Waals surface area contributed by atoms with Gasteiger partial charge in [0, 0.05) is 30.4 Å². The summed E-state index contributed by atoms with van der Waals surface area (Å²) in [4.78, 5) is 40.6. The minimum atomic E-state index is -0.665. The third-order valence-corrected chi connectivity index (χ3v) is 4.35. The van der Waals surface area contributed by atoms with Crippen LogP contribution >= 0.6 is 0 Å². The van der Waals surface area contributed by atoms with Gasteiger partial charge in [-0.15, -0.1) is 0 Å². The first-order valence-electron chi connectivity index (χ1n) is 8.49. The Labute approximate surface area is 158 Å². The molecule has 0 fully saturated rings. The number of aromatic amines is 1. The minimum Gasteiger partial charge on any atom is -0.496 e. The first-order valence-corrected chi connectivity index (χ1v) is 8.49. The number of Topliss-reactive ketones (excluding diaryl/α,β-unsaturated/α-hetero) is 1. The lowest BCUT2D eigenvalue weighted by atomic mass is 10.1. The van der Waals surface area contributed by atoms with Crippen LogP contribution in [0.2, 0.25) is 0 Å². The highest BCUT2D eigenvalue weighted by Gasteiger charge is 2.22. The lowest BCUT2D eigenvalue weighted by Gasteiger charge is -2.18. The van der Waals surface area contributed by atoms with Crippen molar-refractivity contribution in [1.82, 2.24) is 9.88 Å². The molecule has 0 radical (unpaired) electrons. The van der Waals surface area contributed by atoms with Crippen molar-refractivity contribution in [2.45, 2.75) is 27.3 Å². The van der Waals surface area contributed by atoms with Crippen molar-refractivity contribution in [3.05, 3.63) is 52.3 Å². The Hall–Kier alpha value is -3.09. The number of para-hydroxylation sites is 1. The Morgan fingerprint density at radius 2 is 1.81 bits per heavy atom. The molecule has 0 saturated carbocycles. The van der Waals surface area contributed by atoms with E-state index in [1.54, 1.807) is 28.0 Å². The number of amides is 1. The first kappa shape index (κ1) is 20.2. The number of rotatable bonds is 7. The Bertz CT molecular complexity index is 869. The van der Waals surface area contributed by atoms with Gasteiger partial charge in [-0.3, -0.25) is 9.59 Å². The van der Waals surface area contributed by atoms with Crippen LogP contribution in [0.3, 0.4) is 0 Å². The molecule has 0 atom stereocenters. The van der Waals surface area contributed by atoms with E-state index in [9.17, 15) is 14.4 Å². The summed E-state index contributed by atoms with van der Waals surface area (Å²) in [6.45, 7) is 4.76. The van der Waals surface area contributed by atoms with Crippen molar-refractivity contribution in [2.24, 2.45) is 0 Å². The van der Waals surface area contributed by atoms with Crippen LogP contribution in [0.15, 0.2) is 24.3 Å². The van der Waals surface area contributed by atoms with Crippen molar-refractivity contribution in [1.29, 1.82) is 0 Å². The molecule has 144 valence electrons. The summed E-state index contributed by atoms with van der Waals surface area (Å²) in [7, 11) is 3.19. The topological polar surface area (TPSA) is 88.7 Å². The van der Waals surface area contributed by atoms with Crippen LogP contribution in [0.4, 0.5) is 0 Å². The van der Waals surface area contributed by atoms with Gasteiger partial charge >= 0.3 is 5.97 Å². The Morgan fingerprint density at radius 3 is 2.41 bits per heavy atom. The molecule has 7 nitrogen and oxygen atoms in total. The SMILES string of the molecule is COc1ccccc1CN(C)C(=O)COC(=O)c1[nH]c(C)c(C(C)=O)c1C. The van der Waals surface area contributed by atoms with E-state index in [-0.39, 0.29) is 17.4 Å². The predicted molar refractivity (Wildman–Crippen MR) is 100 cm³/mol. The van der Waals surface area contributed by atoms with Crippen molar-refractivity contribution >= 4 is 17.7 Å². The zero-order chi connectivity index (χ0) is 20.1. The maximum atomic E-state index is 12.3. The Balaban J connectivity index is 2.00. The minimum absolute atomic E-state index is 0.132. The average molecular weight is 372 g/mol. The van der Waals surface area contributed by atoms with Gasteiger partial charge in [0.1, 0.15) is 11.4 Å². The zero-order valence-corrected chi connectivity index (χ0v) is 16.2. The van der Waals surface area contributed by atoms with Gasteiger partial charge in [-0.05, 0) is 32.4 Å². The summed E-state index contributed by atoms with van der Waals surface area (Å²) in [6.07, 6.45) is 0. The number of methoxy groups -OCH3 is 1. The number of carbonyl (C=O) groups is 3. The van der Waals surface area contributed by atoms with Crippen LogP contribution < -0.4 is 4.74 Å². The number of nitrogens with zero attached hydrogens (tertiary/aromatic N) is 1. The lowest BCUT2D eigenvalue weighted by molar-refractivity contribution is -0.133. The molecule has 0 aliphatic carbocycles. The number of benzene rings is 1. The fourth-order valence-electron chi connectivity index (χ4n) is 2.97. The highest BCUT2D eigenvalue weighted by Crippen LogP contribution is 2.20. The maximum Gasteiger partial charge on any atom is 0.355 e. The summed E-state index contributed by atoms with van der Waals surface area (Å²) in [6, 6.07) is 7.39. The highest BCUT2D eigenvalue weighted by atomic mass is 16.5. The van der Waals surface area contributed by atoms with Gasteiger partial charge < -0.3 is 19.4 Å². The Kier molecular flexibility index (Phi) is 6.39. The highest BCUT2D eigenvalue weighted by molar-refractivity contribution is 6.01. The summed E-state index contributed by atoms with van der Waals surface area (Å²) in [5.74, 6) is -0.458. The zero-order valence-electron chi connectivity index (χ0n) is 16.2. The second-order valence-electron chi connectivity index (χ2n) is 6.32. The van der Waals surface area contributed by atoms with Crippen molar-refractivity contribution in [3.63, 3.8) is 0 Å². The number of nitrogens with one attached hydrogen (secondary N) is 1. The summed E-state index contributed by atoms with van der Waals surface area (Å²) in [5, 5.41) is 0. The van der Waals surface area contributed by atoms with E-state index in [2.05, 4.69) is 4.98 Å². The molecule has 1 aromatic heterocycles. The largest absolute Gasteiger partial charge is 0.496 e. The van der Waals surface area contributed by atoms with Gasteiger partial charge in [0.15, 0.2) is 12.4 Å². The molecule has 0 aliphatic heterocycles. The summed E-state index contributed by atoms with van der Waals surface area (Å²) >= 11 is 0. The van der Waals surface area contributed by atoms with Gasteiger partial charge in [0.2, 0.25) is 0 Å². The quantitative estimate of drug-likeness (QED) is 0.596. The molecule has 27 heavy (non-hydrogen) atoms. The maximum absolute atomic E-state index is 12.3. The number of esters is 1. The van der Waals surface area contributed by atoms with Gasteiger partial charge in [-0.1, -0.05) is 18.2 Å². The van der Waals surface area contributed by atoms with Crippen molar-refractivity contribution in [2.75, 3.05) is 20.8 Å². The predicted octanol–water partition coefficient (Wildman–Crippen LogP) is 2.66. The van der Waals surface area contributed by atoms with Crippen LogP contribution in [0.1, 0.15) is 44.6 Å². The molecule has 0 spiro atoms. The number of aryl methyl sites for hydroxylation is 1. The van der Waals surface area contributed by atoms with Gasteiger partial charge in [0.25, 0.3) is 5.91 Å². The Morgan fingerprint density at radius 1 is 1.15 bits per heavy atom. The van der Waals surface area contributed by atoms with Crippen LogP contribution in [0.5, 0.6) is 5.75 Å². The number of ketones is 1. The van der Waals surface area contributed by atoms with E-state index in [0.717, 1.165) is 5.56 Å². The molecule has 0 saturated heterocycles. The van der Waals surface area contributed by atoms with E-state index < -0.39 is 12.6 Å². The molecular formula is C20H24N2O5. The molecule has 1 aromatic carbocycles. The van der Waals surface area contributed by atoms with Crippen molar-refractivity contribution < 1.29 is 23.9 Å². The van der Waals surface area contributed by atoms with Crippen molar-refractivity contribution in [3.8, 4) is 5.75 Å². The lowest BCUT2D eigenvalue weighted by Crippen LogP contribution is -2.31. The molecule has 2 rings (SSSR count). The number of H-pyrrole nitrogens is 1. The molecule has 7 heteroatoms. The monoisotopic (exact) mass is 372 g/mol. The standard InChI is InChI=1S/C20H24N2O5/c1-12-18(14(3)23)13(2)21-19(12)20(25)27-11-17(24)22(4)10-15-8-6-7-9-16(15)26-5/h6-9,21H,10-11H2,1-5H3. The first-order chi connectivity index (χ1) is 12.8.